The fraction of sp³-hybridized carbons (Fsp3) is 0.565. The Morgan fingerprint density at radius 2 is 1.80 bits per heavy atom. The summed E-state index contributed by atoms with van der Waals surface area (Å²) in [5.74, 6) is 1.95. The standard InChI is InChI=1S/C23H31N5O2/c1-4-15-12-20(18-6-5-7-19(26-18)22(29)30)27-23(25-14(3)17-10-11-17)28-21(15)24-13(2)16-8-9-16/h5-7,12-17H,4,8-11H2,1-3H3,(H,29,30)(H2,24,25,27,28). The molecule has 2 fully saturated rings. The number of rotatable bonds is 7. The number of aromatic nitrogens is 1. The van der Waals surface area contributed by atoms with Crippen molar-refractivity contribution in [3.05, 3.63) is 35.7 Å². The lowest BCUT2D eigenvalue weighted by atomic mass is 10.0. The molecule has 3 aliphatic rings. The topological polar surface area (TPSA) is 99.0 Å². The number of aliphatic imine (C=N–C) groups is 2. The van der Waals surface area contributed by atoms with Crippen molar-refractivity contribution < 1.29 is 9.90 Å². The fourth-order valence-corrected chi connectivity index (χ4v) is 3.84. The molecule has 7 heteroatoms. The minimum absolute atomic E-state index is 0.0292. The average Bonchev–Trinajstić information content (AvgIpc) is 3.61. The summed E-state index contributed by atoms with van der Waals surface area (Å²) in [4.78, 5) is 25.7. The molecule has 0 spiro atoms. The Morgan fingerprint density at radius 1 is 1.13 bits per heavy atom. The van der Waals surface area contributed by atoms with Gasteiger partial charge < -0.3 is 15.7 Å². The Labute approximate surface area is 177 Å². The second kappa shape index (κ2) is 8.58. The van der Waals surface area contributed by atoms with Gasteiger partial charge in [0.15, 0.2) is 0 Å². The Hall–Kier alpha value is -2.70. The lowest BCUT2D eigenvalue weighted by Crippen LogP contribution is -2.41. The molecule has 3 unspecified atom stereocenters. The van der Waals surface area contributed by atoms with Gasteiger partial charge in [0.25, 0.3) is 0 Å². The molecule has 0 radical (unpaired) electrons. The quantitative estimate of drug-likeness (QED) is 0.638. The number of hydrogen-bond donors (Lipinski definition) is 3. The fourth-order valence-electron chi connectivity index (χ4n) is 3.84. The lowest BCUT2D eigenvalue weighted by Gasteiger charge is -2.17. The summed E-state index contributed by atoms with van der Waals surface area (Å²) < 4.78 is 0. The monoisotopic (exact) mass is 409 g/mol. The van der Waals surface area contributed by atoms with E-state index in [1.54, 1.807) is 6.07 Å². The zero-order valence-electron chi connectivity index (χ0n) is 17.9. The summed E-state index contributed by atoms with van der Waals surface area (Å²) in [7, 11) is 0. The summed E-state index contributed by atoms with van der Waals surface area (Å²) in [5.41, 5.74) is 1.39. The van der Waals surface area contributed by atoms with Crippen LogP contribution in [-0.2, 0) is 0 Å². The highest BCUT2D eigenvalue weighted by atomic mass is 16.4. The van der Waals surface area contributed by atoms with Crippen LogP contribution in [0.1, 0.15) is 69.1 Å². The molecule has 2 saturated carbocycles. The number of guanidine groups is 1. The van der Waals surface area contributed by atoms with Gasteiger partial charge in [0.05, 0.1) is 23.5 Å². The van der Waals surface area contributed by atoms with Gasteiger partial charge in [0, 0.05) is 5.92 Å². The second-order valence-electron chi connectivity index (χ2n) is 8.71. The Morgan fingerprint density at radius 3 is 2.40 bits per heavy atom. The summed E-state index contributed by atoms with van der Waals surface area (Å²) in [6, 6.07) is 5.57. The third-order valence-corrected chi connectivity index (χ3v) is 6.19. The normalized spacial score (nSPS) is 26.4. The maximum Gasteiger partial charge on any atom is 0.354 e. The largest absolute Gasteiger partial charge is 0.477 e. The van der Waals surface area contributed by atoms with Crippen LogP contribution < -0.4 is 10.6 Å². The highest BCUT2D eigenvalue weighted by Gasteiger charge is 2.31. The molecule has 7 nitrogen and oxygen atoms in total. The van der Waals surface area contributed by atoms with Gasteiger partial charge in [0.2, 0.25) is 5.96 Å². The van der Waals surface area contributed by atoms with Crippen LogP contribution in [0.5, 0.6) is 0 Å². The maximum atomic E-state index is 11.4. The van der Waals surface area contributed by atoms with E-state index in [0.29, 0.717) is 23.5 Å². The Kier molecular flexibility index (Phi) is 5.88. The second-order valence-corrected chi connectivity index (χ2v) is 8.71. The zero-order valence-corrected chi connectivity index (χ0v) is 17.9. The van der Waals surface area contributed by atoms with Gasteiger partial charge in [-0.2, -0.15) is 0 Å². The van der Waals surface area contributed by atoms with Gasteiger partial charge in [-0.05, 0) is 76.0 Å². The number of aromatic carboxylic acids is 1. The number of hydrogen-bond acceptors (Lipinski definition) is 4. The number of nitrogens with zero attached hydrogens (tertiary/aromatic N) is 3. The van der Waals surface area contributed by atoms with Crippen LogP contribution in [0.3, 0.4) is 0 Å². The van der Waals surface area contributed by atoms with Crippen LogP contribution in [0, 0.1) is 17.8 Å². The molecule has 0 saturated heterocycles. The molecule has 1 aliphatic heterocycles. The first-order valence-electron chi connectivity index (χ1n) is 11.1. The minimum atomic E-state index is -1.03. The van der Waals surface area contributed by atoms with Crippen molar-refractivity contribution in [3.8, 4) is 0 Å². The molecule has 4 rings (SSSR count). The van der Waals surface area contributed by atoms with Crippen molar-refractivity contribution in [2.24, 2.45) is 27.7 Å². The van der Waals surface area contributed by atoms with E-state index in [4.69, 9.17) is 9.98 Å². The zero-order chi connectivity index (χ0) is 21.3. The molecular weight excluding hydrogens is 378 g/mol. The highest BCUT2D eigenvalue weighted by Crippen LogP contribution is 2.35. The number of carbonyl (C=O) groups is 1. The highest BCUT2D eigenvalue weighted by molar-refractivity contribution is 6.06. The SMILES string of the molecule is CCC1C=C(c2cccc(C(=O)O)n2)NC(=NC(C)C2CC2)NC1=NC(C)C1CC1. The molecule has 160 valence electrons. The van der Waals surface area contributed by atoms with E-state index in [9.17, 15) is 9.90 Å². The van der Waals surface area contributed by atoms with E-state index in [0.717, 1.165) is 18.0 Å². The van der Waals surface area contributed by atoms with Crippen LogP contribution in [0.2, 0.25) is 0 Å². The van der Waals surface area contributed by atoms with Crippen molar-refractivity contribution >= 4 is 23.5 Å². The number of nitrogens with one attached hydrogen (secondary N) is 2. The van der Waals surface area contributed by atoms with Gasteiger partial charge in [-0.15, -0.1) is 0 Å². The summed E-state index contributed by atoms with van der Waals surface area (Å²) in [6.45, 7) is 6.46. The summed E-state index contributed by atoms with van der Waals surface area (Å²) in [5, 5.41) is 16.2. The molecule has 1 aromatic rings. The third-order valence-electron chi connectivity index (χ3n) is 6.19. The third kappa shape index (κ3) is 4.89. The van der Waals surface area contributed by atoms with E-state index in [1.165, 1.54) is 31.7 Å². The van der Waals surface area contributed by atoms with E-state index >= 15 is 0 Å². The van der Waals surface area contributed by atoms with Crippen molar-refractivity contribution in [1.29, 1.82) is 0 Å². The van der Waals surface area contributed by atoms with Crippen molar-refractivity contribution in [3.63, 3.8) is 0 Å². The van der Waals surface area contributed by atoms with Gasteiger partial charge in [-0.1, -0.05) is 13.0 Å². The first kappa shape index (κ1) is 20.6. The molecule has 0 bridgehead atoms. The molecule has 0 aromatic carbocycles. The van der Waals surface area contributed by atoms with Crippen LogP contribution >= 0.6 is 0 Å². The van der Waals surface area contributed by atoms with Gasteiger partial charge in [0.1, 0.15) is 11.5 Å². The minimum Gasteiger partial charge on any atom is -0.477 e. The smallest absolute Gasteiger partial charge is 0.354 e. The number of carboxylic acids is 1. The number of carboxylic acid groups (broad SMARTS) is 1. The average molecular weight is 410 g/mol. The van der Waals surface area contributed by atoms with Crippen LogP contribution in [0.15, 0.2) is 34.3 Å². The van der Waals surface area contributed by atoms with Gasteiger partial charge >= 0.3 is 5.97 Å². The first-order chi connectivity index (χ1) is 14.4. The summed E-state index contributed by atoms with van der Waals surface area (Å²) in [6.07, 6.45) is 7.92. The summed E-state index contributed by atoms with van der Waals surface area (Å²) >= 11 is 0. The van der Waals surface area contributed by atoms with E-state index in [1.807, 2.05) is 6.07 Å². The molecule has 0 amide bonds. The molecule has 1 aromatic heterocycles. The Balaban J connectivity index is 1.71. The lowest BCUT2D eigenvalue weighted by molar-refractivity contribution is 0.0690. The molecule has 30 heavy (non-hydrogen) atoms. The molecule has 3 N–H and O–H groups in total. The van der Waals surface area contributed by atoms with Gasteiger partial charge in [-0.25, -0.2) is 14.8 Å². The van der Waals surface area contributed by atoms with E-state index in [2.05, 4.69) is 42.5 Å². The first-order valence-corrected chi connectivity index (χ1v) is 11.1. The van der Waals surface area contributed by atoms with Crippen LogP contribution in [0.4, 0.5) is 0 Å². The van der Waals surface area contributed by atoms with Crippen molar-refractivity contribution in [2.45, 2.75) is 65.0 Å². The number of pyridine rings is 1. The Bertz CT molecular complexity index is 899. The van der Waals surface area contributed by atoms with Crippen molar-refractivity contribution in [2.75, 3.05) is 0 Å². The van der Waals surface area contributed by atoms with E-state index in [-0.39, 0.29) is 23.7 Å². The predicted octanol–water partition coefficient (Wildman–Crippen LogP) is 3.69. The predicted molar refractivity (Wildman–Crippen MR) is 118 cm³/mol. The van der Waals surface area contributed by atoms with Crippen molar-refractivity contribution in [1.82, 2.24) is 15.6 Å². The molecular formula is C23H31N5O2. The molecule has 2 aliphatic carbocycles. The van der Waals surface area contributed by atoms with Gasteiger partial charge in [-0.3, -0.25) is 4.99 Å². The van der Waals surface area contributed by atoms with E-state index < -0.39 is 5.97 Å². The molecule has 3 atom stereocenters. The number of amidine groups is 1. The molecule has 2 heterocycles. The van der Waals surface area contributed by atoms with Crippen LogP contribution in [-0.4, -0.2) is 39.9 Å². The maximum absolute atomic E-state index is 11.4. The van der Waals surface area contributed by atoms with Crippen LogP contribution in [0.25, 0.3) is 5.70 Å².